The quantitative estimate of drug-likeness (QED) is 0.134. The third-order valence-electron chi connectivity index (χ3n) is 8.32. The minimum atomic E-state index is -2.31. The molecular weight excluding hydrogens is 602 g/mol. The molecule has 0 N–H and O–H groups in total. The molecule has 5 heteroatoms. The van der Waals surface area contributed by atoms with Crippen molar-refractivity contribution in [1.29, 1.82) is 0 Å². The van der Waals surface area contributed by atoms with Gasteiger partial charge in [0.15, 0.2) is 0 Å². The minimum absolute atomic E-state index is 0.873. The zero-order valence-electron chi connectivity index (χ0n) is 26.2. The van der Waals surface area contributed by atoms with Crippen molar-refractivity contribution >= 4 is 66.1 Å². The largest absolute Gasteiger partial charge is 0.496 e. The molecule has 0 saturated heterocycles. The van der Waals surface area contributed by atoms with Gasteiger partial charge in [-0.25, -0.2) is 0 Å². The minimum Gasteiger partial charge on any atom is -0.496 e. The molecule has 0 aromatic heterocycles. The normalized spacial score (nSPS) is 12.7. The lowest BCUT2D eigenvalue weighted by Crippen LogP contribution is -2.62. The van der Waals surface area contributed by atoms with E-state index in [0.717, 1.165) is 11.5 Å². The summed E-state index contributed by atoms with van der Waals surface area (Å²) in [5.41, 5.74) is 0. The maximum Gasteiger partial charge on any atom is 0.127 e. The second-order valence-electron chi connectivity index (χ2n) is 11.3. The number of para-hydroxylation sites is 2. The van der Waals surface area contributed by atoms with E-state index in [1.165, 1.54) is 42.2 Å². The molecule has 2 atom stereocenters. The fourth-order valence-corrected chi connectivity index (χ4v) is 16.2. The molecule has 0 amide bonds. The third kappa shape index (κ3) is 6.27. The predicted octanol–water partition coefficient (Wildman–Crippen LogP) is 6.04. The topological polar surface area (TPSA) is 18.5 Å². The first-order valence-electron chi connectivity index (χ1n) is 15.2. The average Bonchev–Trinajstić information content (AvgIpc) is 3.10. The van der Waals surface area contributed by atoms with Crippen molar-refractivity contribution in [2.75, 3.05) is 14.2 Å². The van der Waals surface area contributed by atoms with Crippen LogP contribution in [0.15, 0.2) is 158 Å². The van der Waals surface area contributed by atoms with Gasteiger partial charge in [0.05, 0.1) is 14.2 Å². The summed E-state index contributed by atoms with van der Waals surface area (Å²) in [6, 6.07) is 57.3. The van der Waals surface area contributed by atoms with Crippen LogP contribution in [0.25, 0.3) is 0 Å². The Morgan fingerprint density at radius 1 is 0.378 bits per heavy atom. The van der Waals surface area contributed by atoms with Crippen LogP contribution in [0.5, 0.6) is 11.5 Å². The smallest absolute Gasteiger partial charge is 0.127 e. The van der Waals surface area contributed by atoms with Crippen molar-refractivity contribution < 1.29 is 9.47 Å². The van der Waals surface area contributed by atoms with E-state index in [-0.39, 0.29) is 0 Å². The highest BCUT2D eigenvalue weighted by atomic mass is 31.1. The Kier molecular flexibility index (Phi) is 9.62. The van der Waals surface area contributed by atoms with Crippen molar-refractivity contribution in [1.82, 2.24) is 0 Å². The standard InChI is InChI=1S/C40H38O2P2Si/c1-41-33-23-11-13-25-35(33)43(31-19-7-5-8-20-31)37-27-15-17-29-39(37)45(3,4)40-30-18-16-28-38(40)44(32-21-9-6-10-22-32)36-26-14-12-24-34(36)42-2/h5-30H,1-4H3/t43-,44-/m1/s1. The Hall–Kier alpha value is -4.00. The van der Waals surface area contributed by atoms with Crippen LogP contribution in [-0.2, 0) is 0 Å². The van der Waals surface area contributed by atoms with Gasteiger partial charge in [-0.3, -0.25) is 0 Å². The molecule has 0 fully saturated rings. The van der Waals surface area contributed by atoms with Gasteiger partial charge in [-0.1, -0.05) is 159 Å². The lowest BCUT2D eigenvalue weighted by Gasteiger charge is -2.34. The number of benzene rings is 6. The Labute approximate surface area is 271 Å². The Balaban J connectivity index is 1.58. The van der Waals surface area contributed by atoms with Crippen LogP contribution in [0.4, 0.5) is 0 Å². The lowest BCUT2D eigenvalue weighted by atomic mass is 10.3. The molecule has 45 heavy (non-hydrogen) atoms. The van der Waals surface area contributed by atoms with E-state index in [1.807, 2.05) is 0 Å². The van der Waals surface area contributed by atoms with Crippen molar-refractivity contribution in [3.05, 3.63) is 158 Å². The van der Waals surface area contributed by atoms with Crippen LogP contribution < -0.4 is 51.7 Å². The molecule has 2 nitrogen and oxygen atoms in total. The van der Waals surface area contributed by atoms with Crippen molar-refractivity contribution in [3.63, 3.8) is 0 Å². The van der Waals surface area contributed by atoms with Crippen LogP contribution >= 0.6 is 15.8 Å². The van der Waals surface area contributed by atoms with Crippen LogP contribution in [0.3, 0.4) is 0 Å². The highest BCUT2D eigenvalue weighted by molar-refractivity contribution is 7.81. The Bertz CT molecular complexity index is 1740. The van der Waals surface area contributed by atoms with Gasteiger partial charge in [-0.2, -0.15) is 0 Å². The second kappa shape index (κ2) is 14.0. The molecule has 0 aliphatic heterocycles. The lowest BCUT2D eigenvalue weighted by molar-refractivity contribution is 0.418. The van der Waals surface area contributed by atoms with Gasteiger partial charge < -0.3 is 9.47 Å². The van der Waals surface area contributed by atoms with Crippen LogP contribution in [0, 0.1) is 0 Å². The number of hydrogen-bond acceptors (Lipinski definition) is 2. The first kappa shape index (κ1) is 31.0. The van der Waals surface area contributed by atoms with Gasteiger partial charge in [0, 0.05) is 10.6 Å². The van der Waals surface area contributed by atoms with Crippen molar-refractivity contribution in [3.8, 4) is 11.5 Å². The molecule has 0 aliphatic rings. The SMILES string of the molecule is COc1ccccc1[P@@](c1ccccc1)c1ccccc1[Si](C)(C)c1ccccc1[P@](c1ccccc1)c1ccccc1OC. The average molecular weight is 641 g/mol. The summed E-state index contributed by atoms with van der Waals surface area (Å²) in [7, 11) is -0.494. The highest BCUT2D eigenvalue weighted by Crippen LogP contribution is 2.38. The summed E-state index contributed by atoms with van der Waals surface area (Å²) < 4.78 is 11.9. The van der Waals surface area contributed by atoms with E-state index in [0.29, 0.717) is 0 Å². The Morgan fingerprint density at radius 2 is 0.689 bits per heavy atom. The molecule has 0 aliphatic carbocycles. The molecule has 6 aromatic rings. The zero-order valence-corrected chi connectivity index (χ0v) is 29.0. The first-order chi connectivity index (χ1) is 22.0. The molecular formula is C40H38O2P2Si. The van der Waals surface area contributed by atoms with Gasteiger partial charge in [0.25, 0.3) is 0 Å². The Morgan fingerprint density at radius 3 is 1.07 bits per heavy atom. The molecule has 0 saturated carbocycles. The van der Waals surface area contributed by atoms with E-state index < -0.39 is 23.9 Å². The summed E-state index contributed by atoms with van der Waals surface area (Å²) in [4.78, 5) is 0. The maximum atomic E-state index is 5.97. The maximum absolute atomic E-state index is 5.97. The number of methoxy groups -OCH3 is 2. The molecule has 6 rings (SSSR count). The van der Waals surface area contributed by atoms with E-state index in [9.17, 15) is 0 Å². The van der Waals surface area contributed by atoms with Gasteiger partial charge in [0.2, 0.25) is 0 Å². The van der Waals surface area contributed by atoms with Crippen molar-refractivity contribution in [2.24, 2.45) is 0 Å². The molecule has 6 aromatic carbocycles. The molecule has 0 bridgehead atoms. The summed E-state index contributed by atoms with van der Waals surface area (Å²) in [6.07, 6.45) is 0. The monoisotopic (exact) mass is 640 g/mol. The highest BCUT2D eigenvalue weighted by Gasteiger charge is 2.36. The third-order valence-corrected chi connectivity index (χ3v) is 17.4. The molecule has 0 heterocycles. The number of rotatable bonds is 10. The van der Waals surface area contributed by atoms with Crippen molar-refractivity contribution in [2.45, 2.75) is 13.1 Å². The zero-order chi connectivity index (χ0) is 31.2. The number of ether oxygens (including phenoxy) is 2. The molecule has 0 spiro atoms. The molecule has 0 radical (unpaired) electrons. The van der Waals surface area contributed by atoms with E-state index in [4.69, 9.17) is 9.47 Å². The fourth-order valence-electron chi connectivity index (χ4n) is 6.14. The van der Waals surface area contributed by atoms with Gasteiger partial charge in [0.1, 0.15) is 19.6 Å². The summed E-state index contributed by atoms with van der Waals surface area (Å²) >= 11 is 0. The van der Waals surface area contributed by atoms with E-state index in [2.05, 4.69) is 171 Å². The summed E-state index contributed by atoms with van der Waals surface area (Å²) in [5.74, 6) is 1.87. The second-order valence-corrected chi connectivity index (χ2v) is 20.0. The van der Waals surface area contributed by atoms with E-state index >= 15 is 0 Å². The van der Waals surface area contributed by atoms with Crippen LogP contribution in [0.1, 0.15) is 0 Å². The van der Waals surface area contributed by atoms with Crippen LogP contribution in [-0.4, -0.2) is 22.3 Å². The fraction of sp³-hybridized carbons (Fsp3) is 0.100. The molecule has 0 unspecified atom stereocenters. The summed E-state index contributed by atoms with van der Waals surface area (Å²) in [5, 5.41) is 10.8. The van der Waals surface area contributed by atoms with Gasteiger partial charge in [-0.05, 0) is 59.6 Å². The van der Waals surface area contributed by atoms with Gasteiger partial charge in [-0.15, -0.1) is 0 Å². The van der Waals surface area contributed by atoms with Gasteiger partial charge >= 0.3 is 0 Å². The number of hydrogen-bond donors (Lipinski definition) is 0. The first-order valence-corrected chi connectivity index (χ1v) is 20.9. The predicted molar refractivity (Wildman–Crippen MR) is 200 cm³/mol. The van der Waals surface area contributed by atoms with E-state index in [1.54, 1.807) is 14.2 Å². The summed E-state index contributed by atoms with van der Waals surface area (Å²) in [6.45, 7) is 5.04. The van der Waals surface area contributed by atoms with Crippen LogP contribution in [0.2, 0.25) is 13.1 Å². The molecule has 224 valence electrons.